The summed E-state index contributed by atoms with van der Waals surface area (Å²) < 4.78 is 5.52. The largest absolute Gasteiger partial charge is 0.377 e. The van der Waals surface area contributed by atoms with Crippen LogP contribution in [0.5, 0.6) is 0 Å². The van der Waals surface area contributed by atoms with Gasteiger partial charge in [-0.05, 0) is 29.8 Å². The summed E-state index contributed by atoms with van der Waals surface area (Å²) in [6.45, 7) is 4.77. The van der Waals surface area contributed by atoms with Crippen molar-refractivity contribution in [1.29, 1.82) is 0 Å². The van der Waals surface area contributed by atoms with Crippen LogP contribution in [-0.4, -0.2) is 51.4 Å². The maximum Gasteiger partial charge on any atom is 0.267 e. The number of pyridine rings is 1. The number of aromatic nitrogens is 3. The lowest BCUT2D eigenvalue weighted by molar-refractivity contribution is -0.134. The number of nitrogens with zero attached hydrogens (tertiary/aromatic N) is 4. The minimum atomic E-state index is -0.667. The Hall–Kier alpha value is -2.84. The molecule has 2 amide bonds. The minimum absolute atomic E-state index is 0.0720. The van der Waals surface area contributed by atoms with Crippen LogP contribution in [-0.2, 0) is 9.53 Å². The summed E-state index contributed by atoms with van der Waals surface area (Å²) in [5, 5.41) is 0.230. The van der Waals surface area contributed by atoms with Crippen molar-refractivity contribution in [3.8, 4) is 11.4 Å². The van der Waals surface area contributed by atoms with Gasteiger partial charge in [-0.3, -0.25) is 9.59 Å². The third kappa shape index (κ3) is 3.71. The molecule has 0 spiro atoms. The maximum absolute atomic E-state index is 12.1. The summed E-state index contributed by atoms with van der Waals surface area (Å²) >= 11 is 6.17. The maximum atomic E-state index is 12.1. The fraction of sp³-hybridized carbons (Fsp3) is 0.235. The molecule has 1 aliphatic rings. The lowest BCUT2D eigenvalue weighted by Gasteiger charge is -2.35. The van der Waals surface area contributed by atoms with E-state index in [4.69, 9.17) is 22.1 Å². The number of carbonyl (C=O) groups excluding carboxylic acids is 2. The Morgan fingerprint density at radius 1 is 1.31 bits per heavy atom. The van der Waals surface area contributed by atoms with Gasteiger partial charge in [0.15, 0.2) is 0 Å². The molecule has 3 heterocycles. The Bertz CT molecular complexity index is 873. The van der Waals surface area contributed by atoms with Gasteiger partial charge in [0.25, 0.3) is 5.91 Å². The normalized spacial score (nSPS) is 17.0. The first-order chi connectivity index (χ1) is 12.5. The van der Waals surface area contributed by atoms with E-state index in [1.807, 2.05) is 0 Å². The molecule has 26 heavy (non-hydrogen) atoms. The van der Waals surface area contributed by atoms with Crippen LogP contribution in [0.2, 0.25) is 5.15 Å². The number of amides is 2. The number of morpholine rings is 1. The zero-order valence-electron chi connectivity index (χ0n) is 13.8. The van der Waals surface area contributed by atoms with E-state index in [0.29, 0.717) is 31.1 Å². The standard InChI is InChI=1S/C17H16ClN5O3/c1-2-16(24)23-3-4-26-8-14(23)10-5-12(22-15(18)6-10)11-7-13(17(19)25)21-9-20-11/h2,5-7,9,14H,1,3-4,8H2,(H2,19,25). The van der Waals surface area contributed by atoms with Crippen molar-refractivity contribution in [2.24, 2.45) is 5.73 Å². The van der Waals surface area contributed by atoms with E-state index < -0.39 is 5.91 Å². The molecule has 1 atom stereocenters. The molecule has 0 aromatic carbocycles. The van der Waals surface area contributed by atoms with Crippen molar-refractivity contribution in [2.45, 2.75) is 6.04 Å². The van der Waals surface area contributed by atoms with E-state index in [1.54, 1.807) is 17.0 Å². The Balaban J connectivity index is 2.02. The average Bonchev–Trinajstić information content (AvgIpc) is 2.67. The molecule has 2 aromatic rings. The topological polar surface area (TPSA) is 111 Å². The third-order valence-corrected chi connectivity index (χ3v) is 4.16. The van der Waals surface area contributed by atoms with Crippen LogP contribution in [0.1, 0.15) is 22.1 Å². The second kappa shape index (κ2) is 7.59. The van der Waals surface area contributed by atoms with Gasteiger partial charge in [-0.15, -0.1) is 0 Å². The predicted molar refractivity (Wildman–Crippen MR) is 94.3 cm³/mol. The van der Waals surface area contributed by atoms with Crippen molar-refractivity contribution in [2.75, 3.05) is 19.8 Å². The highest BCUT2D eigenvalue weighted by atomic mass is 35.5. The zero-order chi connectivity index (χ0) is 18.7. The van der Waals surface area contributed by atoms with Gasteiger partial charge in [0.05, 0.1) is 30.6 Å². The highest BCUT2D eigenvalue weighted by Gasteiger charge is 2.28. The van der Waals surface area contributed by atoms with Crippen LogP contribution in [0.15, 0.2) is 37.2 Å². The summed E-state index contributed by atoms with van der Waals surface area (Å²) in [4.78, 5) is 37.3. The number of carbonyl (C=O) groups is 2. The van der Waals surface area contributed by atoms with Gasteiger partial charge in [0.1, 0.15) is 17.2 Å². The molecule has 1 unspecified atom stereocenters. The molecule has 0 bridgehead atoms. The Morgan fingerprint density at radius 3 is 2.85 bits per heavy atom. The van der Waals surface area contributed by atoms with Crippen molar-refractivity contribution in [3.63, 3.8) is 0 Å². The molecule has 2 aromatic heterocycles. The first-order valence-corrected chi connectivity index (χ1v) is 8.18. The lowest BCUT2D eigenvalue weighted by atomic mass is 10.0. The molecule has 1 aliphatic heterocycles. The Labute approximate surface area is 154 Å². The van der Waals surface area contributed by atoms with Gasteiger partial charge in [-0.25, -0.2) is 15.0 Å². The summed E-state index contributed by atoms with van der Waals surface area (Å²) in [6.07, 6.45) is 2.50. The summed E-state index contributed by atoms with van der Waals surface area (Å²) in [7, 11) is 0. The van der Waals surface area contributed by atoms with Gasteiger partial charge < -0.3 is 15.4 Å². The number of primary amides is 1. The number of ether oxygens (including phenoxy) is 1. The van der Waals surface area contributed by atoms with E-state index >= 15 is 0 Å². The molecular formula is C17H16ClN5O3. The van der Waals surface area contributed by atoms with Crippen LogP contribution in [0.4, 0.5) is 0 Å². The van der Waals surface area contributed by atoms with E-state index in [9.17, 15) is 9.59 Å². The van der Waals surface area contributed by atoms with E-state index in [2.05, 4.69) is 21.5 Å². The predicted octanol–water partition coefficient (Wildman–Crippen LogP) is 1.38. The van der Waals surface area contributed by atoms with Gasteiger partial charge >= 0.3 is 0 Å². The third-order valence-electron chi connectivity index (χ3n) is 3.97. The van der Waals surface area contributed by atoms with Crippen molar-refractivity contribution in [3.05, 3.63) is 53.6 Å². The molecule has 1 saturated heterocycles. The van der Waals surface area contributed by atoms with Crippen molar-refractivity contribution < 1.29 is 14.3 Å². The molecule has 3 rings (SSSR count). The minimum Gasteiger partial charge on any atom is -0.377 e. The van der Waals surface area contributed by atoms with Crippen molar-refractivity contribution >= 4 is 23.4 Å². The zero-order valence-corrected chi connectivity index (χ0v) is 14.5. The second-order valence-electron chi connectivity index (χ2n) is 5.59. The summed E-state index contributed by atoms with van der Waals surface area (Å²) in [5.41, 5.74) is 6.91. The molecule has 134 valence electrons. The molecule has 0 aliphatic carbocycles. The molecule has 1 fully saturated rings. The molecule has 0 radical (unpaired) electrons. The Morgan fingerprint density at radius 2 is 2.12 bits per heavy atom. The summed E-state index contributed by atoms with van der Waals surface area (Å²) in [6, 6.07) is 4.53. The molecule has 9 heteroatoms. The van der Waals surface area contributed by atoms with E-state index in [0.717, 1.165) is 5.56 Å². The fourth-order valence-corrected chi connectivity index (χ4v) is 2.95. The van der Waals surface area contributed by atoms with E-state index in [-0.39, 0.29) is 22.8 Å². The van der Waals surface area contributed by atoms with Crippen LogP contribution in [0.25, 0.3) is 11.4 Å². The smallest absolute Gasteiger partial charge is 0.267 e. The van der Waals surface area contributed by atoms with Gasteiger partial charge in [-0.2, -0.15) is 0 Å². The fourth-order valence-electron chi connectivity index (χ4n) is 2.73. The second-order valence-corrected chi connectivity index (χ2v) is 5.97. The molecule has 2 N–H and O–H groups in total. The highest BCUT2D eigenvalue weighted by Crippen LogP contribution is 2.29. The molecule has 0 saturated carbocycles. The van der Waals surface area contributed by atoms with Gasteiger partial charge in [-0.1, -0.05) is 18.2 Å². The SMILES string of the molecule is C=CC(=O)N1CCOCC1c1cc(Cl)nc(-c2cc(C(N)=O)ncn2)c1. The number of hydrogen-bond donors (Lipinski definition) is 1. The number of nitrogens with two attached hydrogens (primary N) is 1. The highest BCUT2D eigenvalue weighted by molar-refractivity contribution is 6.29. The first-order valence-electron chi connectivity index (χ1n) is 7.80. The monoisotopic (exact) mass is 373 g/mol. The molecular weight excluding hydrogens is 358 g/mol. The van der Waals surface area contributed by atoms with Crippen LogP contribution >= 0.6 is 11.6 Å². The lowest BCUT2D eigenvalue weighted by Crippen LogP contribution is -2.42. The van der Waals surface area contributed by atoms with Crippen LogP contribution < -0.4 is 5.73 Å². The number of hydrogen-bond acceptors (Lipinski definition) is 6. The molecule has 8 nitrogen and oxygen atoms in total. The van der Waals surface area contributed by atoms with Crippen LogP contribution in [0, 0.1) is 0 Å². The Kier molecular flexibility index (Phi) is 5.24. The van der Waals surface area contributed by atoms with Crippen LogP contribution in [0.3, 0.4) is 0 Å². The van der Waals surface area contributed by atoms with Crippen molar-refractivity contribution in [1.82, 2.24) is 19.9 Å². The quantitative estimate of drug-likeness (QED) is 0.640. The average molecular weight is 374 g/mol. The first kappa shape index (κ1) is 18.0. The van der Waals surface area contributed by atoms with Gasteiger partial charge in [0.2, 0.25) is 5.91 Å². The summed E-state index contributed by atoms with van der Waals surface area (Å²) in [5.74, 6) is -0.856. The van der Waals surface area contributed by atoms with E-state index in [1.165, 1.54) is 18.5 Å². The van der Waals surface area contributed by atoms with Gasteiger partial charge in [0, 0.05) is 6.54 Å². The number of rotatable bonds is 4. The number of halogens is 1.